The van der Waals surface area contributed by atoms with Gasteiger partial charge in [-0.05, 0) is 44.3 Å². The fourth-order valence-corrected chi connectivity index (χ4v) is 2.79. The zero-order valence-electron chi connectivity index (χ0n) is 15.1. The number of anilines is 1. The van der Waals surface area contributed by atoms with Gasteiger partial charge in [0, 0.05) is 23.3 Å². The number of benzene rings is 2. The van der Waals surface area contributed by atoms with Crippen LogP contribution in [0.1, 0.15) is 12.5 Å². The van der Waals surface area contributed by atoms with Gasteiger partial charge < -0.3 is 5.32 Å². The molecule has 1 heterocycles. The normalized spacial score (nSPS) is 12.2. The molecule has 0 aliphatic heterocycles. The number of carbonyl (C=O) groups is 1. The molecule has 0 aliphatic rings. The van der Waals surface area contributed by atoms with E-state index in [1.54, 1.807) is 17.8 Å². The molecule has 0 spiro atoms. The van der Waals surface area contributed by atoms with Gasteiger partial charge in [-0.15, -0.1) is 0 Å². The molecule has 3 aromatic rings. The lowest BCUT2D eigenvalue weighted by atomic mass is 10.2. The minimum atomic E-state index is -0.522. The van der Waals surface area contributed by atoms with E-state index in [-0.39, 0.29) is 11.6 Å². The minimum absolute atomic E-state index is 0.0737. The van der Waals surface area contributed by atoms with Crippen LogP contribution in [0.3, 0.4) is 0 Å². The van der Waals surface area contributed by atoms with Crippen LogP contribution in [0.5, 0.6) is 0 Å². The first-order valence-electron chi connectivity index (χ1n) is 8.49. The first-order chi connectivity index (χ1) is 12.9. The van der Waals surface area contributed by atoms with E-state index in [0.717, 1.165) is 11.3 Å². The summed E-state index contributed by atoms with van der Waals surface area (Å²) in [5.41, 5.74) is 2.01. The van der Waals surface area contributed by atoms with Crippen molar-refractivity contribution in [3.8, 4) is 5.69 Å². The van der Waals surface area contributed by atoms with Gasteiger partial charge in [-0.25, -0.2) is 9.07 Å². The third-order valence-corrected chi connectivity index (χ3v) is 4.55. The predicted molar refractivity (Wildman–Crippen MR) is 105 cm³/mol. The summed E-state index contributed by atoms with van der Waals surface area (Å²) in [5.74, 6) is -0.833. The van der Waals surface area contributed by atoms with Crippen LogP contribution in [0.15, 0.2) is 60.9 Å². The van der Waals surface area contributed by atoms with E-state index in [1.807, 2.05) is 48.5 Å². The molecule has 2 aromatic carbocycles. The summed E-state index contributed by atoms with van der Waals surface area (Å²) in [6.45, 7) is 2.29. The van der Waals surface area contributed by atoms with E-state index in [1.165, 1.54) is 18.2 Å². The second-order valence-electron chi connectivity index (χ2n) is 6.33. The summed E-state index contributed by atoms with van der Waals surface area (Å²) >= 11 is 5.86. The van der Waals surface area contributed by atoms with Crippen LogP contribution in [0, 0.1) is 5.82 Å². The van der Waals surface area contributed by atoms with E-state index in [4.69, 9.17) is 11.6 Å². The van der Waals surface area contributed by atoms with Crippen molar-refractivity contribution in [1.29, 1.82) is 0 Å². The number of halogens is 2. The second kappa shape index (κ2) is 8.33. The smallest absolute Gasteiger partial charge is 0.241 e. The Morgan fingerprint density at radius 1 is 1.30 bits per heavy atom. The lowest BCUT2D eigenvalue weighted by Gasteiger charge is -2.23. The van der Waals surface area contributed by atoms with Crippen molar-refractivity contribution < 1.29 is 9.18 Å². The third-order valence-electron chi connectivity index (χ3n) is 4.32. The standard InChI is InChI=1S/C20H20ClFN4O/c1-14(20(27)24-19-10-16(21)8-9-18(19)22)25(2)12-15-11-23-26(13-15)17-6-4-3-5-7-17/h3-11,13-14H,12H2,1-2H3,(H,24,27). The number of nitrogens with zero attached hydrogens (tertiary/aromatic N) is 3. The topological polar surface area (TPSA) is 50.2 Å². The van der Waals surface area contributed by atoms with Crippen molar-refractivity contribution in [3.63, 3.8) is 0 Å². The highest BCUT2D eigenvalue weighted by Crippen LogP contribution is 2.20. The number of amides is 1. The van der Waals surface area contributed by atoms with Crippen molar-refractivity contribution in [1.82, 2.24) is 14.7 Å². The number of hydrogen-bond acceptors (Lipinski definition) is 3. The van der Waals surface area contributed by atoms with Gasteiger partial charge in [0.2, 0.25) is 5.91 Å². The molecule has 140 valence electrons. The van der Waals surface area contributed by atoms with Crippen LogP contribution in [-0.2, 0) is 11.3 Å². The van der Waals surface area contributed by atoms with Crippen LogP contribution in [0.4, 0.5) is 10.1 Å². The first-order valence-corrected chi connectivity index (χ1v) is 8.87. The van der Waals surface area contributed by atoms with Crippen LogP contribution in [-0.4, -0.2) is 33.7 Å². The van der Waals surface area contributed by atoms with Gasteiger partial charge in [-0.1, -0.05) is 29.8 Å². The predicted octanol–water partition coefficient (Wildman–Crippen LogP) is 4.12. The molecule has 27 heavy (non-hydrogen) atoms. The number of para-hydroxylation sites is 1. The summed E-state index contributed by atoms with van der Waals surface area (Å²) in [6, 6.07) is 13.4. The quantitative estimate of drug-likeness (QED) is 0.693. The van der Waals surface area contributed by atoms with E-state index < -0.39 is 11.9 Å². The third kappa shape index (κ3) is 4.72. The molecule has 1 atom stereocenters. The van der Waals surface area contributed by atoms with Crippen LogP contribution in [0.25, 0.3) is 5.69 Å². The summed E-state index contributed by atoms with van der Waals surface area (Å²) in [4.78, 5) is 14.3. The molecule has 1 unspecified atom stereocenters. The molecule has 0 saturated carbocycles. The van der Waals surface area contributed by atoms with Gasteiger partial charge in [0.15, 0.2) is 0 Å². The van der Waals surface area contributed by atoms with Gasteiger partial charge in [-0.3, -0.25) is 9.69 Å². The van der Waals surface area contributed by atoms with Crippen molar-refractivity contribution >= 4 is 23.2 Å². The second-order valence-corrected chi connectivity index (χ2v) is 6.77. The molecular formula is C20H20ClFN4O. The van der Waals surface area contributed by atoms with Crippen molar-refractivity contribution in [3.05, 3.63) is 77.3 Å². The Morgan fingerprint density at radius 3 is 2.78 bits per heavy atom. The highest BCUT2D eigenvalue weighted by molar-refractivity contribution is 6.30. The molecule has 1 amide bonds. The van der Waals surface area contributed by atoms with E-state index in [9.17, 15) is 9.18 Å². The van der Waals surface area contributed by atoms with Crippen LogP contribution < -0.4 is 5.32 Å². The minimum Gasteiger partial charge on any atom is -0.322 e. The average molecular weight is 387 g/mol. The highest BCUT2D eigenvalue weighted by atomic mass is 35.5. The highest BCUT2D eigenvalue weighted by Gasteiger charge is 2.20. The largest absolute Gasteiger partial charge is 0.322 e. The Labute approximate surface area is 162 Å². The molecule has 0 fully saturated rings. The molecule has 1 aromatic heterocycles. The Bertz CT molecular complexity index is 929. The number of rotatable bonds is 6. The van der Waals surface area contributed by atoms with Gasteiger partial charge in [0.25, 0.3) is 0 Å². The Hall–Kier alpha value is -2.70. The summed E-state index contributed by atoms with van der Waals surface area (Å²) in [5, 5.41) is 7.31. The number of hydrogen-bond donors (Lipinski definition) is 1. The maximum absolute atomic E-state index is 13.8. The zero-order valence-corrected chi connectivity index (χ0v) is 15.8. The SMILES string of the molecule is CC(C(=O)Nc1cc(Cl)ccc1F)N(C)Cc1cnn(-c2ccccc2)c1. The molecule has 0 radical (unpaired) electrons. The monoisotopic (exact) mass is 386 g/mol. The van der Waals surface area contributed by atoms with Gasteiger partial charge in [0.05, 0.1) is 23.6 Å². The average Bonchev–Trinajstić information content (AvgIpc) is 3.13. The van der Waals surface area contributed by atoms with E-state index >= 15 is 0 Å². The molecule has 5 nitrogen and oxygen atoms in total. The van der Waals surface area contributed by atoms with Crippen LogP contribution >= 0.6 is 11.6 Å². The van der Waals surface area contributed by atoms with Gasteiger partial charge in [-0.2, -0.15) is 5.10 Å². The summed E-state index contributed by atoms with van der Waals surface area (Å²) < 4.78 is 15.6. The summed E-state index contributed by atoms with van der Waals surface area (Å²) in [7, 11) is 1.83. The van der Waals surface area contributed by atoms with E-state index in [2.05, 4.69) is 10.4 Å². The Kier molecular flexibility index (Phi) is 5.88. The molecule has 0 saturated heterocycles. The van der Waals surface area contributed by atoms with Crippen molar-refractivity contribution in [2.45, 2.75) is 19.5 Å². The van der Waals surface area contributed by atoms with Crippen molar-refractivity contribution in [2.75, 3.05) is 12.4 Å². The number of nitrogens with one attached hydrogen (secondary N) is 1. The lowest BCUT2D eigenvalue weighted by Crippen LogP contribution is -2.39. The number of carbonyl (C=O) groups excluding carboxylic acids is 1. The Balaban J connectivity index is 1.63. The van der Waals surface area contributed by atoms with Crippen molar-refractivity contribution in [2.24, 2.45) is 0 Å². The molecule has 0 aliphatic carbocycles. The molecular weight excluding hydrogens is 367 g/mol. The molecule has 3 rings (SSSR count). The van der Waals surface area contributed by atoms with Crippen LogP contribution in [0.2, 0.25) is 5.02 Å². The van der Waals surface area contributed by atoms with E-state index in [0.29, 0.717) is 11.6 Å². The first kappa shape index (κ1) is 19.1. The fraction of sp³-hybridized carbons (Fsp3) is 0.200. The molecule has 7 heteroatoms. The number of likely N-dealkylation sites (N-methyl/N-ethyl adjacent to an activating group) is 1. The fourth-order valence-electron chi connectivity index (χ4n) is 2.62. The maximum Gasteiger partial charge on any atom is 0.241 e. The summed E-state index contributed by atoms with van der Waals surface area (Å²) in [6.07, 6.45) is 3.69. The van der Waals surface area contributed by atoms with Gasteiger partial charge >= 0.3 is 0 Å². The van der Waals surface area contributed by atoms with Gasteiger partial charge in [0.1, 0.15) is 5.82 Å². The lowest BCUT2D eigenvalue weighted by molar-refractivity contribution is -0.120. The maximum atomic E-state index is 13.8. The molecule has 0 bridgehead atoms. The zero-order chi connectivity index (χ0) is 19.4. The Morgan fingerprint density at radius 2 is 2.04 bits per heavy atom. The number of aromatic nitrogens is 2. The molecule has 1 N–H and O–H groups in total.